The molecule has 0 radical (unpaired) electrons. The van der Waals surface area contributed by atoms with Crippen molar-refractivity contribution < 1.29 is 64.1 Å². The monoisotopic (exact) mass is 727 g/mol. The third-order valence-electron chi connectivity index (χ3n) is 6.70. The van der Waals surface area contributed by atoms with Gasteiger partial charge >= 0.3 is 30.5 Å². The number of nitrogens with one attached hydrogen (secondary N) is 4. The van der Waals surface area contributed by atoms with E-state index in [4.69, 9.17) is 30.9 Å². The van der Waals surface area contributed by atoms with Gasteiger partial charge in [0.1, 0.15) is 5.82 Å². The summed E-state index contributed by atoms with van der Waals surface area (Å²) >= 11 is 0. The standard InChI is InChI=1S/C25H28F3N7O.2C2HF3O2/c1-14-6-11-18-17(12-14)21(33-19-4-2-3-5-20(19)34-24(29)30)35-22(32-18)23(36)31-13-15-7-9-16(10-8-15)25(26,27)28;2*3-2(4,5)1(6)7/h6-12,19-20H,2-5,13H2,1H3,(H,31,36)(H4,29,30,34)(H,32,33,35);2*(H,6,7). The molecular weight excluding hydrogens is 697 g/mol. The molecule has 50 heavy (non-hydrogen) atoms. The van der Waals surface area contributed by atoms with Crippen molar-refractivity contribution in [2.75, 3.05) is 5.32 Å². The molecule has 1 amide bonds. The number of aryl methyl sites for hydroxylation is 1. The Hall–Kier alpha value is -5.37. The molecule has 4 rings (SSSR count). The summed E-state index contributed by atoms with van der Waals surface area (Å²) in [6, 6.07) is 10.2. The molecule has 21 heteroatoms. The number of carboxylic acid groups (broad SMARTS) is 2. The molecule has 1 aliphatic rings. The molecule has 1 aliphatic carbocycles. The van der Waals surface area contributed by atoms with Crippen molar-refractivity contribution in [1.82, 2.24) is 20.6 Å². The summed E-state index contributed by atoms with van der Waals surface area (Å²) in [6.45, 7) is 1.98. The average molecular weight is 728 g/mol. The van der Waals surface area contributed by atoms with Gasteiger partial charge in [0, 0.05) is 24.0 Å². The molecule has 274 valence electrons. The lowest BCUT2D eigenvalue weighted by molar-refractivity contribution is -0.193. The molecule has 1 fully saturated rings. The Balaban J connectivity index is 0.000000521. The second-order valence-electron chi connectivity index (χ2n) is 10.6. The first kappa shape index (κ1) is 40.8. The van der Waals surface area contributed by atoms with E-state index in [9.17, 15) is 44.3 Å². The summed E-state index contributed by atoms with van der Waals surface area (Å²) in [4.78, 5) is 39.6. The van der Waals surface area contributed by atoms with Crippen LogP contribution in [0.3, 0.4) is 0 Å². The number of hydrogen-bond donors (Lipinski definition) is 7. The Morgan fingerprint density at radius 2 is 1.38 bits per heavy atom. The van der Waals surface area contributed by atoms with Gasteiger partial charge in [0.25, 0.3) is 5.91 Å². The Labute approximate surface area is 276 Å². The van der Waals surface area contributed by atoms with Crippen LogP contribution in [0.2, 0.25) is 0 Å². The summed E-state index contributed by atoms with van der Waals surface area (Å²) in [5.74, 6) is -5.69. The summed E-state index contributed by atoms with van der Waals surface area (Å²) in [5, 5.41) is 31.8. The minimum atomic E-state index is -5.08. The van der Waals surface area contributed by atoms with Crippen molar-refractivity contribution >= 4 is 40.5 Å². The number of rotatable bonds is 6. The molecule has 1 saturated carbocycles. The van der Waals surface area contributed by atoms with Crippen molar-refractivity contribution in [3.63, 3.8) is 0 Å². The van der Waals surface area contributed by atoms with E-state index in [2.05, 4.69) is 25.9 Å². The van der Waals surface area contributed by atoms with E-state index in [1.165, 1.54) is 12.1 Å². The van der Waals surface area contributed by atoms with E-state index in [0.717, 1.165) is 48.8 Å². The number of carbonyl (C=O) groups excluding carboxylic acids is 1. The van der Waals surface area contributed by atoms with Crippen molar-refractivity contribution in [2.24, 2.45) is 5.73 Å². The second-order valence-corrected chi connectivity index (χ2v) is 10.6. The topological polar surface area (TPSA) is 203 Å². The van der Waals surface area contributed by atoms with Gasteiger partial charge in [0.05, 0.1) is 11.1 Å². The minimum Gasteiger partial charge on any atom is -0.475 e. The lowest BCUT2D eigenvalue weighted by atomic mass is 9.90. The van der Waals surface area contributed by atoms with E-state index >= 15 is 0 Å². The van der Waals surface area contributed by atoms with Crippen LogP contribution in [0.15, 0.2) is 42.5 Å². The van der Waals surface area contributed by atoms with Crippen LogP contribution in [0, 0.1) is 12.3 Å². The molecule has 12 nitrogen and oxygen atoms in total. The van der Waals surface area contributed by atoms with Crippen molar-refractivity contribution in [3.8, 4) is 0 Å². The zero-order chi connectivity index (χ0) is 38.0. The smallest absolute Gasteiger partial charge is 0.475 e. The van der Waals surface area contributed by atoms with E-state index in [-0.39, 0.29) is 30.4 Å². The summed E-state index contributed by atoms with van der Waals surface area (Å²) in [5.41, 5.74) is 6.94. The highest BCUT2D eigenvalue weighted by atomic mass is 19.4. The van der Waals surface area contributed by atoms with E-state index in [0.29, 0.717) is 16.9 Å². The fraction of sp³-hybridized carbons (Fsp3) is 0.379. The number of amides is 1. The fourth-order valence-corrected chi connectivity index (χ4v) is 4.38. The Morgan fingerprint density at radius 1 is 0.860 bits per heavy atom. The quantitative estimate of drug-likeness (QED) is 0.0984. The maximum absolute atomic E-state index is 12.9. The number of carbonyl (C=O) groups is 3. The van der Waals surface area contributed by atoms with Gasteiger partial charge < -0.3 is 31.9 Å². The number of benzene rings is 2. The number of fused-ring (bicyclic) bond motifs is 1. The first-order valence-corrected chi connectivity index (χ1v) is 14.2. The van der Waals surface area contributed by atoms with Crippen LogP contribution in [-0.2, 0) is 22.3 Å². The van der Waals surface area contributed by atoms with Gasteiger partial charge in [0.2, 0.25) is 5.82 Å². The molecule has 1 heterocycles. The Kier molecular flexibility index (Phi) is 13.7. The van der Waals surface area contributed by atoms with E-state index in [1.54, 1.807) is 0 Å². The largest absolute Gasteiger partial charge is 0.490 e. The predicted molar refractivity (Wildman–Crippen MR) is 159 cm³/mol. The van der Waals surface area contributed by atoms with Gasteiger partial charge in [-0.2, -0.15) is 39.5 Å². The number of halogens is 9. The summed E-state index contributed by atoms with van der Waals surface area (Å²) in [7, 11) is 0. The number of anilines is 1. The molecule has 8 N–H and O–H groups in total. The molecule has 3 aromatic rings. The SMILES string of the molecule is Cc1ccc2nc(C(=O)NCc3ccc(C(F)(F)F)cc3)nc(NC3CCCCC3NC(=N)N)c2c1.O=C(O)C(F)(F)F.O=C(O)C(F)(F)F. The molecule has 2 unspecified atom stereocenters. The van der Waals surface area contributed by atoms with Crippen LogP contribution in [0.5, 0.6) is 0 Å². The number of alkyl halides is 9. The highest BCUT2D eigenvalue weighted by Gasteiger charge is 2.39. The number of guanidine groups is 1. The third kappa shape index (κ3) is 12.9. The molecule has 2 aromatic carbocycles. The van der Waals surface area contributed by atoms with Crippen molar-refractivity contribution in [3.05, 3.63) is 65.0 Å². The highest BCUT2D eigenvalue weighted by molar-refractivity contribution is 5.96. The van der Waals surface area contributed by atoms with Crippen LogP contribution in [0.25, 0.3) is 10.9 Å². The molecule has 0 spiro atoms. The highest BCUT2D eigenvalue weighted by Crippen LogP contribution is 2.29. The van der Waals surface area contributed by atoms with E-state index in [1.807, 2.05) is 25.1 Å². The van der Waals surface area contributed by atoms with Gasteiger partial charge in [-0.1, -0.05) is 36.6 Å². The lowest BCUT2D eigenvalue weighted by Gasteiger charge is -2.33. The van der Waals surface area contributed by atoms with Gasteiger partial charge in [-0.05, 0) is 49.6 Å². The van der Waals surface area contributed by atoms with Gasteiger partial charge in [0.15, 0.2) is 5.96 Å². The van der Waals surface area contributed by atoms with Crippen LogP contribution < -0.4 is 21.7 Å². The number of aromatic nitrogens is 2. The van der Waals surface area contributed by atoms with Crippen LogP contribution >= 0.6 is 0 Å². The number of aliphatic carboxylic acids is 2. The molecule has 0 aliphatic heterocycles. The van der Waals surface area contributed by atoms with Crippen LogP contribution in [0.1, 0.15) is 53.0 Å². The number of hydrogen-bond acceptors (Lipinski definition) is 7. The van der Waals surface area contributed by atoms with Gasteiger partial charge in [-0.25, -0.2) is 19.6 Å². The second kappa shape index (κ2) is 16.8. The number of carboxylic acids is 2. The van der Waals surface area contributed by atoms with Crippen LogP contribution in [0.4, 0.5) is 45.3 Å². The Bertz CT molecular complexity index is 1640. The number of nitrogens with zero attached hydrogens (tertiary/aromatic N) is 2. The van der Waals surface area contributed by atoms with E-state index < -0.39 is 41.9 Å². The lowest BCUT2D eigenvalue weighted by Crippen LogP contribution is -2.50. The maximum Gasteiger partial charge on any atom is 0.490 e. The maximum atomic E-state index is 12.9. The zero-order valence-corrected chi connectivity index (χ0v) is 25.7. The van der Waals surface area contributed by atoms with Crippen molar-refractivity contribution in [1.29, 1.82) is 5.41 Å². The normalized spacial score (nSPS) is 16.1. The van der Waals surface area contributed by atoms with Crippen molar-refractivity contribution in [2.45, 2.75) is 69.8 Å². The predicted octanol–water partition coefficient (Wildman–Crippen LogP) is 5.36. The molecule has 0 bridgehead atoms. The average Bonchev–Trinajstić information content (AvgIpc) is 3.00. The Morgan fingerprint density at radius 3 is 1.86 bits per heavy atom. The first-order valence-electron chi connectivity index (χ1n) is 14.2. The fourth-order valence-electron chi connectivity index (χ4n) is 4.38. The molecule has 0 saturated heterocycles. The molecule has 2 atom stereocenters. The third-order valence-corrected chi connectivity index (χ3v) is 6.70. The van der Waals surface area contributed by atoms with Gasteiger partial charge in [-0.15, -0.1) is 0 Å². The summed E-state index contributed by atoms with van der Waals surface area (Å²) in [6.07, 6.45) is -10.9. The van der Waals surface area contributed by atoms with Gasteiger partial charge in [-0.3, -0.25) is 10.2 Å². The first-order chi connectivity index (χ1) is 23.0. The minimum absolute atomic E-state index is 0.0300. The van der Waals surface area contributed by atoms with Crippen LogP contribution in [-0.4, -0.2) is 68.4 Å². The molecule has 1 aromatic heterocycles. The summed E-state index contributed by atoms with van der Waals surface area (Å²) < 4.78 is 102. The number of nitrogens with two attached hydrogens (primary N) is 1. The zero-order valence-electron chi connectivity index (χ0n) is 25.7. The molecular formula is C29H30F9N7O5.